The number of rotatable bonds is 7. The molecule has 4 rings (SSSR count). The van der Waals surface area contributed by atoms with Gasteiger partial charge < -0.3 is 4.90 Å². The van der Waals surface area contributed by atoms with E-state index in [1.54, 1.807) is 0 Å². The SMILES string of the molecule is CN(C)CCCCc1ccccc1-c1ccc2c(-c3ccc(C(C)(C)C)cc3)cccc2c1. The van der Waals surface area contributed by atoms with E-state index in [4.69, 9.17) is 0 Å². The van der Waals surface area contributed by atoms with Crippen molar-refractivity contribution in [2.75, 3.05) is 20.6 Å². The number of hydrogen-bond donors (Lipinski definition) is 0. The molecule has 4 aromatic rings. The van der Waals surface area contributed by atoms with Crippen LogP contribution in [-0.2, 0) is 11.8 Å². The first-order valence-corrected chi connectivity index (χ1v) is 12.2. The van der Waals surface area contributed by atoms with Crippen molar-refractivity contribution >= 4 is 10.8 Å². The van der Waals surface area contributed by atoms with E-state index < -0.39 is 0 Å². The fourth-order valence-corrected chi connectivity index (χ4v) is 4.62. The molecule has 0 aliphatic carbocycles. The second-order valence-electron chi connectivity index (χ2n) is 10.5. The van der Waals surface area contributed by atoms with Crippen LogP contribution in [0.15, 0.2) is 84.9 Å². The number of nitrogens with zero attached hydrogens (tertiary/aromatic N) is 1. The van der Waals surface area contributed by atoms with Crippen LogP contribution in [0.25, 0.3) is 33.0 Å². The summed E-state index contributed by atoms with van der Waals surface area (Å²) in [7, 11) is 4.30. The van der Waals surface area contributed by atoms with Crippen molar-refractivity contribution in [1.29, 1.82) is 0 Å². The summed E-state index contributed by atoms with van der Waals surface area (Å²) in [4.78, 5) is 2.27. The van der Waals surface area contributed by atoms with E-state index in [9.17, 15) is 0 Å². The van der Waals surface area contributed by atoms with Crippen molar-refractivity contribution in [2.45, 2.75) is 45.4 Å². The van der Waals surface area contributed by atoms with E-state index in [1.165, 1.54) is 57.0 Å². The number of fused-ring (bicyclic) bond motifs is 1. The van der Waals surface area contributed by atoms with Crippen LogP contribution in [-0.4, -0.2) is 25.5 Å². The Morgan fingerprint density at radius 2 is 1.36 bits per heavy atom. The van der Waals surface area contributed by atoms with E-state index in [1.807, 2.05) is 0 Å². The molecule has 0 saturated heterocycles. The maximum absolute atomic E-state index is 2.36. The predicted molar refractivity (Wildman–Crippen MR) is 145 cm³/mol. The minimum atomic E-state index is 0.173. The molecule has 1 heteroatoms. The van der Waals surface area contributed by atoms with Gasteiger partial charge in [-0.25, -0.2) is 0 Å². The third kappa shape index (κ3) is 5.54. The Labute approximate surface area is 200 Å². The molecule has 0 bridgehead atoms. The zero-order valence-corrected chi connectivity index (χ0v) is 20.9. The molecule has 0 N–H and O–H groups in total. The Morgan fingerprint density at radius 1 is 0.667 bits per heavy atom. The lowest BCUT2D eigenvalue weighted by Gasteiger charge is -2.19. The van der Waals surface area contributed by atoms with Gasteiger partial charge in [-0.3, -0.25) is 0 Å². The van der Waals surface area contributed by atoms with E-state index in [0.717, 1.165) is 13.0 Å². The molecule has 0 radical (unpaired) electrons. The smallest absolute Gasteiger partial charge is 0.00247 e. The molecule has 0 amide bonds. The standard InChI is InChI=1S/C32H37N/c1-32(2,3)28-19-16-25(17-20-28)30-15-10-13-26-23-27(18-21-31(26)30)29-14-7-6-11-24(29)12-8-9-22-33(4)5/h6-7,10-11,13-21,23H,8-9,12,22H2,1-5H3. The number of unbranched alkanes of at least 4 members (excludes halogenated alkanes) is 1. The molecule has 0 atom stereocenters. The van der Waals surface area contributed by atoms with Crippen LogP contribution in [0.1, 0.15) is 44.7 Å². The van der Waals surface area contributed by atoms with E-state index in [2.05, 4.69) is 125 Å². The maximum Gasteiger partial charge on any atom is -0.00247 e. The number of aryl methyl sites for hydroxylation is 1. The van der Waals surface area contributed by atoms with Gasteiger partial charge in [-0.15, -0.1) is 0 Å². The van der Waals surface area contributed by atoms with Crippen LogP contribution in [0.3, 0.4) is 0 Å². The molecule has 4 aromatic carbocycles. The van der Waals surface area contributed by atoms with Crippen LogP contribution < -0.4 is 0 Å². The molecule has 170 valence electrons. The van der Waals surface area contributed by atoms with Gasteiger partial charge in [0.15, 0.2) is 0 Å². The second-order valence-corrected chi connectivity index (χ2v) is 10.5. The molecule has 0 aromatic heterocycles. The molecule has 33 heavy (non-hydrogen) atoms. The van der Waals surface area contributed by atoms with Crippen molar-refractivity contribution in [2.24, 2.45) is 0 Å². The number of hydrogen-bond acceptors (Lipinski definition) is 1. The highest BCUT2D eigenvalue weighted by molar-refractivity contribution is 5.98. The second kappa shape index (κ2) is 9.93. The molecular weight excluding hydrogens is 398 g/mol. The first-order chi connectivity index (χ1) is 15.8. The third-order valence-electron chi connectivity index (χ3n) is 6.57. The van der Waals surface area contributed by atoms with E-state index in [-0.39, 0.29) is 5.41 Å². The Morgan fingerprint density at radius 3 is 2.09 bits per heavy atom. The van der Waals surface area contributed by atoms with Crippen molar-refractivity contribution < 1.29 is 0 Å². The average Bonchev–Trinajstić information content (AvgIpc) is 2.81. The van der Waals surface area contributed by atoms with Crippen molar-refractivity contribution in [3.8, 4) is 22.3 Å². The minimum Gasteiger partial charge on any atom is -0.309 e. The zero-order chi connectivity index (χ0) is 23.4. The van der Waals surface area contributed by atoms with E-state index in [0.29, 0.717) is 0 Å². The fraction of sp³-hybridized carbons (Fsp3) is 0.312. The molecule has 1 nitrogen and oxygen atoms in total. The van der Waals surface area contributed by atoms with Gasteiger partial charge in [-0.05, 0) is 95.5 Å². The van der Waals surface area contributed by atoms with Gasteiger partial charge in [0.2, 0.25) is 0 Å². The van der Waals surface area contributed by atoms with Crippen molar-refractivity contribution in [1.82, 2.24) is 4.90 Å². The largest absolute Gasteiger partial charge is 0.309 e. The van der Waals surface area contributed by atoms with Gasteiger partial charge in [0.25, 0.3) is 0 Å². The minimum absolute atomic E-state index is 0.173. The van der Waals surface area contributed by atoms with Crippen LogP contribution in [0.2, 0.25) is 0 Å². The molecule has 0 aliphatic rings. The molecule has 0 saturated carbocycles. The van der Waals surface area contributed by atoms with Crippen molar-refractivity contribution in [3.05, 3.63) is 96.1 Å². The maximum atomic E-state index is 2.36. The van der Waals surface area contributed by atoms with Gasteiger partial charge in [0.1, 0.15) is 0 Å². The normalized spacial score (nSPS) is 11.9. The molecule has 0 fully saturated rings. The van der Waals surface area contributed by atoms with Gasteiger partial charge in [-0.1, -0.05) is 99.6 Å². The van der Waals surface area contributed by atoms with Crippen LogP contribution in [0, 0.1) is 0 Å². The first-order valence-electron chi connectivity index (χ1n) is 12.2. The summed E-state index contributed by atoms with van der Waals surface area (Å²) >= 11 is 0. The summed E-state index contributed by atoms with van der Waals surface area (Å²) in [6.07, 6.45) is 3.58. The van der Waals surface area contributed by atoms with Crippen molar-refractivity contribution in [3.63, 3.8) is 0 Å². The monoisotopic (exact) mass is 435 g/mol. The van der Waals surface area contributed by atoms with Crippen LogP contribution >= 0.6 is 0 Å². The lowest BCUT2D eigenvalue weighted by Crippen LogP contribution is -2.12. The highest BCUT2D eigenvalue weighted by Gasteiger charge is 2.14. The van der Waals surface area contributed by atoms with Gasteiger partial charge in [0.05, 0.1) is 0 Å². The quantitative estimate of drug-likeness (QED) is 0.264. The van der Waals surface area contributed by atoms with Gasteiger partial charge >= 0.3 is 0 Å². The summed E-state index contributed by atoms with van der Waals surface area (Å²) < 4.78 is 0. The average molecular weight is 436 g/mol. The van der Waals surface area contributed by atoms with E-state index >= 15 is 0 Å². The molecule has 0 heterocycles. The molecular formula is C32H37N. The van der Waals surface area contributed by atoms with Gasteiger partial charge in [-0.2, -0.15) is 0 Å². The molecule has 0 unspecified atom stereocenters. The topological polar surface area (TPSA) is 3.24 Å². The Kier molecular flexibility index (Phi) is 7.00. The highest BCUT2D eigenvalue weighted by Crippen LogP contribution is 2.34. The summed E-state index contributed by atoms with van der Waals surface area (Å²) in [6.45, 7) is 7.95. The highest BCUT2D eigenvalue weighted by atomic mass is 15.0. The Bertz CT molecular complexity index is 1210. The van der Waals surface area contributed by atoms with Crippen LogP contribution in [0.5, 0.6) is 0 Å². The summed E-state index contributed by atoms with van der Waals surface area (Å²) in [5, 5.41) is 2.61. The third-order valence-corrected chi connectivity index (χ3v) is 6.57. The predicted octanol–water partition coefficient (Wildman–Crippen LogP) is 8.36. The molecule has 0 aliphatic heterocycles. The first kappa shape index (κ1) is 23.3. The lowest BCUT2D eigenvalue weighted by molar-refractivity contribution is 0.394. The number of benzene rings is 4. The van der Waals surface area contributed by atoms with Crippen LogP contribution in [0.4, 0.5) is 0 Å². The van der Waals surface area contributed by atoms with Gasteiger partial charge in [0, 0.05) is 0 Å². The molecule has 0 spiro atoms. The fourth-order valence-electron chi connectivity index (χ4n) is 4.62. The zero-order valence-electron chi connectivity index (χ0n) is 20.9. The summed E-state index contributed by atoms with van der Waals surface area (Å²) in [5.41, 5.74) is 8.25. The summed E-state index contributed by atoms with van der Waals surface area (Å²) in [6, 6.07) is 31.6. The summed E-state index contributed by atoms with van der Waals surface area (Å²) in [5.74, 6) is 0. The Balaban J connectivity index is 1.64. The lowest BCUT2D eigenvalue weighted by atomic mass is 9.86. The Hall–Kier alpha value is -2.90.